The molecule has 0 atom stereocenters. The van der Waals surface area contributed by atoms with Crippen LogP contribution in [0.15, 0.2) is 53.6 Å². The molecule has 0 bridgehead atoms. The quantitative estimate of drug-likeness (QED) is 0.543. The van der Waals surface area contributed by atoms with Crippen molar-refractivity contribution in [2.75, 3.05) is 0 Å². The number of aromatic nitrogens is 4. The highest BCUT2D eigenvalue weighted by atomic mass is 16.3. The monoisotopic (exact) mass is 336 g/mol. The third-order valence-corrected chi connectivity index (χ3v) is 3.35. The predicted octanol–water partition coefficient (Wildman–Crippen LogP) is 1.50. The number of phenols is 1. The van der Waals surface area contributed by atoms with Gasteiger partial charge < -0.3 is 5.11 Å². The molecule has 1 heterocycles. The van der Waals surface area contributed by atoms with E-state index in [2.05, 4.69) is 25.9 Å². The molecule has 3 rings (SSSR count). The molecule has 126 valence electrons. The second-order valence-corrected chi connectivity index (χ2v) is 5.36. The molecule has 3 aromatic rings. The molecule has 0 radical (unpaired) electrons. The second kappa shape index (κ2) is 7.35. The molecule has 0 aliphatic carbocycles. The summed E-state index contributed by atoms with van der Waals surface area (Å²) in [6.07, 6.45) is 1.37. The summed E-state index contributed by atoms with van der Waals surface area (Å²) in [5.74, 6) is 0.143. The average molecular weight is 336 g/mol. The van der Waals surface area contributed by atoms with Gasteiger partial charge in [0.05, 0.1) is 6.21 Å². The number of benzene rings is 2. The first-order chi connectivity index (χ1) is 12.1. The van der Waals surface area contributed by atoms with Gasteiger partial charge in [0, 0.05) is 11.1 Å². The molecule has 0 fully saturated rings. The molecule has 0 saturated heterocycles. The number of carbonyl (C=O) groups excluding carboxylic acids is 1. The SMILES string of the molecule is Cc1ccc(C=NNC(=O)Cn2nnc(-c3ccccc3)n2)c(O)c1. The highest BCUT2D eigenvalue weighted by molar-refractivity contribution is 5.85. The van der Waals surface area contributed by atoms with Crippen molar-refractivity contribution in [2.24, 2.45) is 5.10 Å². The average Bonchev–Trinajstić information content (AvgIpc) is 3.06. The Kier molecular flexibility index (Phi) is 4.79. The summed E-state index contributed by atoms with van der Waals surface area (Å²) < 4.78 is 0. The molecule has 2 N–H and O–H groups in total. The molecule has 25 heavy (non-hydrogen) atoms. The van der Waals surface area contributed by atoms with Gasteiger partial charge in [0.1, 0.15) is 12.3 Å². The van der Waals surface area contributed by atoms with Crippen molar-refractivity contribution >= 4 is 12.1 Å². The molecular weight excluding hydrogens is 320 g/mol. The smallest absolute Gasteiger partial charge is 0.263 e. The van der Waals surface area contributed by atoms with Crippen LogP contribution < -0.4 is 5.43 Å². The lowest BCUT2D eigenvalue weighted by molar-refractivity contribution is -0.122. The van der Waals surface area contributed by atoms with Gasteiger partial charge in [-0.1, -0.05) is 36.4 Å². The number of hydrogen-bond acceptors (Lipinski definition) is 6. The number of rotatable bonds is 5. The van der Waals surface area contributed by atoms with Gasteiger partial charge in [-0.2, -0.15) is 9.90 Å². The van der Waals surface area contributed by atoms with E-state index in [-0.39, 0.29) is 12.3 Å². The van der Waals surface area contributed by atoms with Gasteiger partial charge in [-0.3, -0.25) is 4.79 Å². The van der Waals surface area contributed by atoms with E-state index < -0.39 is 5.91 Å². The Labute approximate surface area is 143 Å². The molecule has 0 unspecified atom stereocenters. The number of hydrazone groups is 1. The summed E-state index contributed by atoms with van der Waals surface area (Å²) in [5, 5.41) is 25.5. The van der Waals surface area contributed by atoms with Crippen molar-refractivity contribution in [1.82, 2.24) is 25.6 Å². The van der Waals surface area contributed by atoms with Crippen LogP contribution in [-0.4, -0.2) is 37.4 Å². The van der Waals surface area contributed by atoms with Gasteiger partial charge in [0.15, 0.2) is 0 Å². The van der Waals surface area contributed by atoms with Crippen LogP contribution in [-0.2, 0) is 11.3 Å². The van der Waals surface area contributed by atoms with Crippen LogP contribution in [0.4, 0.5) is 0 Å². The molecule has 0 aliphatic heterocycles. The van der Waals surface area contributed by atoms with Gasteiger partial charge in [-0.15, -0.1) is 10.2 Å². The first-order valence-corrected chi connectivity index (χ1v) is 7.56. The van der Waals surface area contributed by atoms with Gasteiger partial charge in [-0.05, 0) is 29.8 Å². The number of carbonyl (C=O) groups is 1. The van der Waals surface area contributed by atoms with Crippen LogP contribution in [0.3, 0.4) is 0 Å². The minimum Gasteiger partial charge on any atom is -0.507 e. The van der Waals surface area contributed by atoms with E-state index in [0.717, 1.165) is 11.1 Å². The largest absolute Gasteiger partial charge is 0.507 e. The number of nitrogens with zero attached hydrogens (tertiary/aromatic N) is 5. The van der Waals surface area contributed by atoms with Crippen LogP contribution in [0.1, 0.15) is 11.1 Å². The Morgan fingerprint density at radius 3 is 2.84 bits per heavy atom. The number of aromatic hydroxyl groups is 1. The first-order valence-electron chi connectivity index (χ1n) is 7.56. The fourth-order valence-electron chi connectivity index (χ4n) is 2.11. The zero-order valence-electron chi connectivity index (χ0n) is 13.5. The summed E-state index contributed by atoms with van der Waals surface area (Å²) in [7, 11) is 0. The Bertz CT molecular complexity index is 905. The molecule has 0 aliphatic rings. The molecule has 1 amide bonds. The third-order valence-electron chi connectivity index (χ3n) is 3.35. The normalized spacial score (nSPS) is 10.9. The number of phenolic OH excluding ortho intramolecular Hbond substituents is 1. The van der Waals surface area contributed by atoms with Crippen molar-refractivity contribution in [3.05, 3.63) is 59.7 Å². The number of hydrogen-bond donors (Lipinski definition) is 2. The van der Waals surface area contributed by atoms with Crippen LogP contribution >= 0.6 is 0 Å². The summed E-state index contributed by atoms with van der Waals surface area (Å²) in [6, 6.07) is 14.5. The standard InChI is InChI=1S/C17H16N6O2/c1-12-7-8-14(15(24)9-12)10-18-19-16(25)11-23-21-17(20-22-23)13-5-3-2-4-6-13/h2-10,24H,11H2,1H3,(H,19,25). The van der Waals surface area contributed by atoms with Crippen molar-refractivity contribution in [3.8, 4) is 17.1 Å². The van der Waals surface area contributed by atoms with E-state index in [9.17, 15) is 9.90 Å². The van der Waals surface area contributed by atoms with Crippen molar-refractivity contribution in [2.45, 2.75) is 13.5 Å². The number of nitrogens with one attached hydrogen (secondary N) is 1. The van der Waals surface area contributed by atoms with E-state index in [1.165, 1.54) is 11.0 Å². The van der Waals surface area contributed by atoms with Gasteiger partial charge in [0.25, 0.3) is 5.91 Å². The maximum Gasteiger partial charge on any atom is 0.263 e. The van der Waals surface area contributed by atoms with E-state index >= 15 is 0 Å². The fraction of sp³-hybridized carbons (Fsp3) is 0.118. The fourth-order valence-corrected chi connectivity index (χ4v) is 2.11. The highest BCUT2D eigenvalue weighted by Gasteiger charge is 2.08. The topological polar surface area (TPSA) is 105 Å². The highest BCUT2D eigenvalue weighted by Crippen LogP contribution is 2.16. The Hall–Kier alpha value is -3.55. The third kappa shape index (κ3) is 4.25. The summed E-state index contributed by atoms with van der Waals surface area (Å²) >= 11 is 0. The molecular formula is C17H16N6O2. The van der Waals surface area contributed by atoms with Crippen molar-refractivity contribution in [1.29, 1.82) is 0 Å². The Balaban J connectivity index is 1.58. The maximum absolute atomic E-state index is 11.9. The summed E-state index contributed by atoms with van der Waals surface area (Å²) in [6.45, 7) is 1.76. The number of tetrazole rings is 1. The van der Waals surface area contributed by atoms with Crippen molar-refractivity contribution in [3.63, 3.8) is 0 Å². The summed E-state index contributed by atoms with van der Waals surface area (Å²) in [5.41, 5.74) is 4.63. The van der Waals surface area contributed by atoms with Crippen molar-refractivity contribution < 1.29 is 9.90 Å². The molecule has 0 spiro atoms. The number of aryl methyl sites for hydroxylation is 1. The second-order valence-electron chi connectivity index (χ2n) is 5.36. The lowest BCUT2D eigenvalue weighted by atomic mass is 10.1. The predicted molar refractivity (Wildman–Crippen MR) is 91.8 cm³/mol. The molecule has 8 nitrogen and oxygen atoms in total. The van der Waals surface area contributed by atoms with E-state index in [4.69, 9.17) is 0 Å². The minimum absolute atomic E-state index is 0.100. The van der Waals surface area contributed by atoms with Gasteiger partial charge >= 0.3 is 0 Å². The Morgan fingerprint density at radius 2 is 2.08 bits per heavy atom. The zero-order chi connectivity index (χ0) is 17.6. The number of amides is 1. The van der Waals surface area contributed by atoms with E-state index in [1.807, 2.05) is 43.3 Å². The van der Waals surface area contributed by atoms with Crippen LogP contribution in [0.2, 0.25) is 0 Å². The van der Waals surface area contributed by atoms with Gasteiger partial charge in [-0.25, -0.2) is 5.43 Å². The van der Waals surface area contributed by atoms with E-state index in [1.54, 1.807) is 12.1 Å². The molecule has 0 saturated carbocycles. The molecule has 2 aromatic carbocycles. The maximum atomic E-state index is 11.9. The van der Waals surface area contributed by atoms with Gasteiger partial charge in [0.2, 0.25) is 5.82 Å². The molecule has 1 aromatic heterocycles. The lowest BCUT2D eigenvalue weighted by Crippen LogP contribution is -2.24. The van der Waals surface area contributed by atoms with Crippen LogP contribution in [0, 0.1) is 6.92 Å². The Morgan fingerprint density at radius 1 is 1.28 bits per heavy atom. The minimum atomic E-state index is -0.403. The van der Waals surface area contributed by atoms with E-state index in [0.29, 0.717) is 11.4 Å². The van der Waals surface area contributed by atoms with Crippen LogP contribution in [0.25, 0.3) is 11.4 Å². The summed E-state index contributed by atoms with van der Waals surface area (Å²) in [4.78, 5) is 13.1. The first kappa shape index (κ1) is 16.3. The molecule has 8 heteroatoms. The lowest BCUT2D eigenvalue weighted by Gasteiger charge is -2.01. The van der Waals surface area contributed by atoms with Crippen LogP contribution in [0.5, 0.6) is 5.75 Å². The zero-order valence-corrected chi connectivity index (χ0v) is 13.5.